The zero-order chi connectivity index (χ0) is 27.4. The summed E-state index contributed by atoms with van der Waals surface area (Å²) in [5, 5.41) is 11.0. The number of hydrogen-bond acceptors (Lipinski definition) is 6. The fraction of sp³-hybridized carbons (Fsp3) is 0.484. The van der Waals surface area contributed by atoms with Gasteiger partial charge >= 0.3 is 5.97 Å². The van der Waals surface area contributed by atoms with E-state index < -0.39 is 11.9 Å². The summed E-state index contributed by atoms with van der Waals surface area (Å²) in [5.74, 6) is -1.09. The summed E-state index contributed by atoms with van der Waals surface area (Å²) in [6, 6.07) is 17.2. The van der Waals surface area contributed by atoms with Gasteiger partial charge in [-0.15, -0.1) is 0 Å². The van der Waals surface area contributed by atoms with Crippen molar-refractivity contribution in [2.75, 3.05) is 27.4 Å². The summed E-state index contributed by atoms with van der Waals surface area (Å²) in [5.41, 5.74) is 2.35. The van der Waals surface area contributed by atoms with E-state index in [0.29, 0.717) is 31.6 Å². The van der Waals surface area contributed by atoms with Crippen molar-refractivity contribution in [2.45, 2.75) is 69.8 Å². The average Bonchev–Trinajstić information content (AvgIpc) is 3.30. The van der Waals surface area contributed by atoms with Crippen LogP contribution in [0.25, 0.3) is 0 Å². The zero-order valence-electron chi connectivity index (χ0n) is 22.8. The summed E-state index contributed by atoms with van der Waals surface area (Å²) in [6.45, 7) is 2.91. The van der Waals surface area contributed by atoms with Gasteiger partial charge in [-0.25, -0.2) is 0 Å². The van der Waals surface area contributed by atoms with Gasteiger partial charge in [-0.05, 0) is 37.8 Å². The summed E-state index contributed by atoms with van der Waals surface area (Å²) in [7, 11) is 3.21. The third kappa shape index (κ3) is 7.53. The number of nitrogens with zero attached hydrogens (tertiary/aromatic N) is 1. The second kappa shape index (κ2) is 14.8. The number of methoxy groups -OCH3 is 2. The molecule has 38 heavy (non-hydrogen) atoms. The molecule has 1 aliphatic heterocycles. The quantitative estimate of drug-likeness (QED) is 0.148. The molecule has 1 saturated heterocycles. The molecule has 1 heterocycles. The molecule has 2 aromatic rings. The van der Waals surface area contributed by atoms with Gasteiger partial charge < -0.3 is 24.2 Å². The van der Waals surface area contributed by atoms with Crippen molar-refractivity contribution >= 4 is 11.9 Å². The molecule has 1 amide bonds. The molecule has 0 saturated carbocycles. The van der Waals surface area contributed by atoms with Crippen LogP contribution in [0, 0.1) is 0 Å². The molecule has 0 bridgehead atoms. The number of benzene rings is 2. The van der Waals surface area contributed by atoms with Gasteiger partial charge in [0.15, 0.2) is 0 Å². The van der Waals surface area contributed by atoms with Crippen LogP contribution in [0.5, 0.6) is 0 Å². The molecule has 0 spiro atoms. The highest BCUT2D eigenvalue weighted by Crippen LogP contribution is 2.35. The molecule has 3 rings (SSSR count). The van der Waals surface area contributed by atoms with E-state index in [4.69, 9.17) is 14.2 Å². The Balaban J connectivity index is 1.60. The SMILES string of the molecule is CCOC(=O)CCCCCCN1C(=O)CC[C@@H]1/C=C/C(O)c1cccc(C(OC)(OC)c2ccccc2)c1. The smallest absolute Gasteiger partial charge is 0.305 e. The van der Waals surface area contributed by atoms with Gasteiger partial charge in [-0.1, -0.05) is 73.5 Å². The van der Waals surface area contributed by atoms with Crippen LogP contribution < -0.4 is 0 Å². The van der Waals surface area contributed by atoms with E-state index in [1.54, 1.807) is 20.3 Å². The number of amides is 1. The van der Waals surface area contributed by atoms with Gasteiger partial charge in [0.2, 0.25) is 11.7 Å². The van der Waals surface area contributed by atoms with Gasteiger partial charge in [0, 0.05) is 44.7 Å². The number of esters is 1. The van der Waals surface area contributed by atoms with E-state index in [1.807, 2.05) is 72.5 Å². The van der Waals surface area contributed by atoms with Crippen LogP contribution in [0.4, 0.5) is 0 Å². The van der Waals surface area contributed by atoms with Crippen LogP contribution in [0.1, 0.15) is 74.7 Å². The highest BCUT2D eigenvalue weighted by Gasteiger charge is 2.35. The predicted molar refractivity (Wildman–Crippen MR) is 146 cm³/mol. The predicted octanol–water partition coefficient (Wildman–Crippen LogP) is 5.27. The molecular weight excluding hydrogens is 482 g/mol. The minimum absolute atomic E-state index is 0.0266. The minimum atomic E-state index is -1.09. The van der Waals surface area contributed by atoms with Crippen molar-refractivity contribution in [1.29, 1.82) is 0 Å². The van der Waals surface area contributed by atoms with Crippen LogP contribution in [0.15, 0.2) is 66.7 Å². The first-order valence-electron chi connectivity index (χ1n) is 13.5. The first-order valence-corrected chi connectivity index (χ1v) is 13.5. The van der Waals surface area contributed by atoms with Gasteiger partial charge in [0.25, 0.3) is 0 Å². The molecule has 206 valence electrons. The first-order chi connectivity index (χ1) is 18.4. The van der Waals surface area contributed by atoms with Crippen molar-refractivity contribution in [3.05, 3.63) is 83.4 Å². The Labute approximate surface area is 226 Å². The molecule has 1 N–H and O–H groups in total. The number of rotatable bonds is 15. The summed E-state index contributed by atoms with van der Waals surface area (Å²) >= 11 is 0. The Kier molecular flexibility index (Phi) is 11.5. The lowest BCUT2D eigenvalue weighted by atomic mass is 9.94. The first kappa shape index (κ1) is 29.6. The standard InChI is InChI=1S/C31H41NO6/c1-4-38-30(35)17-10-5-6-11-22-32-27(19-21-29(32)34)18-20-28(33)24-13-12-16-26(23-24)31(36-2,37-3)25-14-8-7-9-15-25/h7-9,12-16,18,20,23,27-28,33H,4-6,10-11,17,19,21-22H2,1-3H3/b20-18+/t27-,28?/m0/s1. The van der Waals surface area contributed by atoms with Crippen molar-refractivity contribution < 1.29 is 28.9 Å². The number of likely N-dealkylation sites (tertiary alicyclic amines) is 1. The molecule has 0 radical (unpaired) electrons. The third-order valence-electron chi connectivity index (χ3n) is 7.06. The van der Waals surface area contributed by atoms with Crippen LogP contribution in [-0.4, -0.2) is 55.3 Å². The zero-order valence-corrected chi connectivity index (χ0v) is 22.8. The maximum atomic E-state index is 12.5. The van der Waals surface area contributed by atoms with Crippen molar-refractivity contribution in [3.8, 4) is 0 Å². The summed E-state index contributed by atoms with van der Waals surface area (Å²) < 4.78 is 16.7. The van der Waals surface area contributed by atoms with E-state index in [9.17, 15) is 14.7 Å². The maximum absolute atomic E-state index is 12.5. The van der Waals surface area contributed by atoms with Crippen molar-refractivity contribution in [2.24, 2.45) is 0 Å². The van der Waals surface area contributed by atoms with E-state index in [0.717, 1.165) is 43.2 Å². The van der Waals surface area contributed by atoms with Gasteiger partial charge in [0.1, 0.15) is 0 Å². The van der Waals surface area contributed by atoms with E-state index >= 15 is 0 Å². The Hall–Kier alpha value is -3.00. The topological polar surface area (TPSA) is 85.3 Å². The van der Waals surface area contributed by atoms with Crippen molar-refractivity contribution in [1.82, 2.24) is 4.90 Å². The van der Waals surface area contributed by atoms with Crippen LogP contribution in [-0.2, 0) is 29.6 Å². The lowest BCUT2D eigenvalue weighted by Crippen LogP contribution is -2.32. The van der Waals surface area contributed by atoms with Crippen LogP contribution >= 0.6 is 0 Å². The van der Waals surface area contributed by atoms with E-state index in [2.05, 4.69) is 0 Å². The fourth-order valence-electron chi connectivity index (χ4n) is 5.04. The van der Waals surface area contributed by atoms with Gasteiger partial charge in [-0.3, -0.25) is 9.59 Å². The fourth-order valence-corrected chi connectivity index (χ4v) is 5.04. The number of aliphatic hydroxyl groups excluding tert-OH is 1. The minimum Gasteiger partial charge on any atom is -0.466 e. The third-order valence-corrected chi connectivity index (χ3v) is 7.06. The molecule has 7 nitrogen and oxygen atoms in total. The van der Waals surface area contributed by atoms with Gasteiger partial charge in [-0.2, -0.15) is 0 Å². The Morgan fingerprint density at radius 1 is 1.05 bits per heavy atom. The Morgan fingerprint density at radius 3 is 2.47 bits per heavy atom. The highest BCUT2D eigenvalue weighted by molar-refractivity contribution is 5.79. The monoisotopic (exact) mass is 523 g/mol. The number of carbonyl (C=O) groups is 2. The number of hydrogen-bond donors (Lipinski definition) is 1. The molecule has 2 aromatic carbocycles. The Bertz CT molecular complexity index is 1050. The molecule has 1 fully saturated rings. The second-order valence-electron chi connectivity index (χ2n) is 9.51. The molecule has 0 aliphatic carbocycles. The number of aliphatic hydroxyl groups is 1. The number of ether oxygens (including phenoxy) is 3. The molecule has 1 unspecified atom stereocenters. The Morgan fingerprint density at radius 2 is 1.76 bits per heavy atom. The molecule has 7 heteroatoms. The normalized spacial score (nSPS) is 16.8. The molecule has 0 aromatic heterocycles. The van der Waals surface area contributed by atoms with Crippen LogP contribution in [0.3, 0.4) is 0 Å². The maximum Gasteiger partial charge on any atom is 0.305 e. The average molecular weight is 524 g/mol. The highest BCUT2D eigenvalue weighted by atomic mass is 16.7. The molecular formula is C31H41NO6. The van der Waals surface area contributed by atoms with E-state index in [1.165, 1.54) is 0 Å². The largest absolute Gasteiger partial charge is 0.466 e. The number of carbonyl (C=O) groups excluding carboxylic acids is 2. The number of unbranched alkanes of at least 4 members (excludes halogenated alkanes) is 3. The second-order valence-corrected chi connectivity index (χ2v) is 9.51. The van der Waals surface area contributed by atoms with E-state index in [-0.39, 0.29) is 17.9 Å². The van der Waals surface area contributed by atoms with Gasteiger partial charge in [0.05, 0.1) is 18.8 Å². The van der Waals surface area contributed by atoms with Crippen LogP contribution in [0.2, 0.25) is 0 Å². The summed E-state index contributed by atoms with van der Waals surface area (Å²) in [6.07, 6.45) is 8.16. The lowest BCUT2D eigenvalue weighted by Gasteiger charge is -2.32. The summed E-state index contributed by atoms with van der Waals surface area (Å²) in [4.78, 5) is 25.8. The lowest BCUT2D eigenvalue weighted by molar-refractivity contribution is -0.183. The van der Waals surface area contributed by atoms with Crippen molar-refractivity contribution in [3.63, 3.8) is 0 Å². The molecule has 2 atom stereocenters. The molecule has 1 aliphatic rings.